The first-order chi connectivity index (χ1) is 7.89. The zero-order chi connectivity index (χ0) is 13.5. The molecule has 0 aromatic carbocycles. The molecule has 0 fully saturated rings. The van der Waals surface area contributed by atoms with E-state index in [0.29, 0.717) is 6.54 Å². The molecule has 0 aliphatic heterocycles. The number of rotatable bonds is 8. The average molecular weight is 261 g/mol. The molecule has 102 valence electrons. The second kappa shape index (κ2) is 7.28. The van der Waals surface area contributed by atoms with Crippen LogP contribution in [0, 0.1) is 0 Å². The first-order valence-electron chi connectivity index (χ1n) is 5.90. The number of nitrogens with two attached hydrogens (primary N) is 1. The van der Waals surface area contributed by atoms with E-state index in [9.17, 15) is 0 Å². The van der Waals surface area contributed by atoms with E-state index >= 15 is 0 Å². The second-order valence-corrected chi connectivity index (χ2v) is 8.55. The Morgan fingerprint density at radius 3 is 2.00 bits per heavy atom. The van der Waals surface area contributed by atoms with Gasteiger partial charge >= 0.3 is 8.80 Å². The lowest BCUT2D eigenvalue weighted by Crippen LogP contribution is -2.52. The Hall–Kier alpha value is -0.203. The summed E-state index contributed by atoms with van der Waals surface area (Å²) in [6.07, 6.45) is 3.96. The summed E-state index contributed by atoms with van der Waals surface area (Å²) in [7, 11) is 2.34. The maximum Gasteiger partial charge on any atom is 0.506 e. The van der Waals surface area contributed by atoms with Crippen LogP contribution in [0.1, 0.15) is 33.6 Å². The van der Waals surface area contributed by atoms with Gasteiger partial charge in [0.25, 0.3) is 0 Å². The predicted octanol–water partition coefficient (Wildman–Crippen LogP) is 2.33. The van der Waals surface area contributed by atoms with Gasteiger partial charge in [0.2, 0.25) is 0 Å². The molecule has 0 aliphatic carbocycles. The maximum absolute atomic E-state index is 5.55. The van der Waals surface area contributed by atoms with Crippen LogP contribution in [0.4, 0.5) is 0 Å². The molecule has 0 aromatic rings. The number of hydrogen-bond donors (Lipinski definition) is 1. The fraction of sp³-hybridized carbons (Fsp3) is 0.833. The van der Waals surface area contributed by atoms with Gasteiger partial charge in [-0.3, -0.25) is 0 Å². The quantitative estimate of drug-likeness (QED) is 0.538. The third-order valence-electron chi connectivity index (χ3n) is 3.02. The largest absolute Gasteiger partial charge is 0.506 e. The summed E-state index contributed by atoms with van der Waals surface area (Å²) < 4.78 is 16.6. The Morgan fingerprint density at radius 1 is 1.18 bits per heavy atom. The van der Waals surface area contributed by atoms with Gasteiger partial charge in [-0.05, 0) is 26.3 Å². The van der Waals surface area contributed by atoms with Crippen molar-refractivity contribution in [3.05, 3.63) is 11.6 Å². The highest BCUT2D eigenvalue weighted by Gasteiger charge is 2.53. The van der Waals surface area contributed by atoms with Crippen LogP contribution in [-0.4, -0.2) is 36.7 Å². The van der Waals surface area contributed by atoms with Crippen molar-refractivity contribution in [2.75, 3.05) is 27.9 Å². The summed E-state index contributed by atoms with van der Waals surface area (Å²) in [5, 5.41) is -0.152. The SMILES string of the molecule is CO[Si](OC)(OC)C(C)(C)CC(C)=CCCN. The van der Waals surface area contributed by atoms with E-state index in [1.54, 1.807) is 21.3 Å². The number of hydrogen-bond acceptors (Lipinski definition) is 4. The first-order valence-corrected chi connectivity index (χ1v) is 7.62. The Morgan fingerprint density at radius 2 is 1.65 bits per heavy atom. The minimum absolute atomic E-state index is 0.152. The minimum Gasteiger partial charge on any atom is -0.377 e. The second-order valence-electron chi connectivity index (χ2n) is 4.86. The Bertz CT molecular complexity index is 242. The van der Waals surface area contributed by atoms with Crippen molar-refractivity contribution in [2.24, 2.45) is 5.73 Å². The van der Waals surface area contributed by atoms with Crippen LogP contribution in [0.15, 0.2) is 11.6 Å². The van der Waals surface area contributed by atoms with E-state index in [4.69, 9.17) is 19.0 Å². The molecule has 0 radical (unpaired) electrons. The molecule has 0 amide bonds. The van der Waals surface area contributed by atoms with Crippen LogP contribution < -0.4 is 5.73 Å². The molecule has 0 atom stereocenters. The van der Waals surface area contributed by atoms with Gasteiger partial charge in [-0.25, -0.2) is 0 Å². The third kappa shape index (κ3) is 4.19. The van der Waals surface area contributed by atoms with Crippen molar-refractivity contribution in [1.29, 1.82) is 0 Å². The van der Waals surface area contributed by atoms with Gasteiger partial charge in [-0.1, -0.05) is 25.5 Å². The smallest absolute Gasteiger partial charge is 0.377 e. The van der Waals surface area contributed by atoms with Crippen molar-refractivity contribution in [3.8, 4) is 0 Å². The van der Waals surface area contributed by atoms with Crippen LogP contribution in [0.25, 0.3) is 0 Å². The first kappa shape index (κ1) is 16.8. The summed E-state index contributed by atoms with van der Waals surface area (Å²) >= 11 is 0. The molecule has 5 heteroatoms. The van der Waals surface area contributed by atoms with E-state index in [0.717, 1.165) is 12.8 Å². The number of allylic oxidation sites excluding steroid dienone is 1. The van der Waals surface area contributed by atoms with Crippen LogP contribution >= 0.6 is 0 Å². The van der Waals surface area contributed by atoms with E-state index < -0.39 is 8.80 Å². The molecule has 0 saturated heterocycles. The van der Waals surface area contributed by atoms with Gasteiger partial charge in [0.1, 0.15) is 0 Å². The molecule has 0 aliphatic rings. The van der Waals surface area contributed by atoms with E-state index in [1.807, 2.05) is 0 Å². The molecule has 2 N–H and O–H groups in total. The lowest BCUT2D eigenvalue weighted by Gasteiger charge is -2.38. The van der Waals surface area contributed by atoms with Crippen molar-refractivity contribution >= 4 is 8.80 Å². The van der Waals surface area contributed by atoms with Crippen LogP contribution in [0.5, 0.6) is 0 Å². The topological polar surface area (TPSA) is 53.7 Å². The van der Waals surface area contributed by atoms with Crippen molar-refractivity contribution in [1.82, 2.24) is 0 Å². The van der Waals surface area contributed by atoms with Gasteiger partial charge < -0.3 is 19.0 Å². The molecule has 0 bridgehead atoms. The molecule has 0 unspecified atom stereocenters. The van der Waals surface area contributed by atoms with Gasteiger partial charge in [0, 0.05) is 26.4 Å². The van der Waals surface area contributed by atoms with Crippen LogP contribution in [-0.2, 0) is 13.3 Å². The molecule has 0 rings (SSSR count). The minimum atomic E-state index is -2.62. The zero-order valence-corrected chi connectivity index (χ0v) is 13.0. The Kier molecular flexibility index (Phi) is 7.19. The fourth-order valence-electron chi connectivity index (χ4n) is 2.29. The highest BCUT2D eigenvalue weighted by atomic mass is 28.4. The molecule has 0 spiro atoms. The molecule has 0 aromatic heterocycles. The van der Waals surface area contributed by atoms with E-state index in [1.165, 1.54) is 5.57 Å². The highest BCUT2D eigenvalue weighted by molar-refractivity contribution is 6.64. The summed E-state index contributed by atoms with van der Waals surface area (Å²) in [4.78, 5) is 0. The van der Waals surface area contributed by atoms with Crippen molar-refractivity contribution in [3.63, 3.8) is 0 Å². The van der Waals surface area contributed by atoms with Crippen molar-refractivity contribution in [2.45, 2.75) is 38.7 Å². The zero-order valence-electron chi connectivity index (χ0n) is 12.0. The van der Waals surface area contributed by atoms with Crippen molar-refractivity contribution < 1.29 is 13.3 Å². The molecular formula is C12H27NO3Si. The highest BCUT2D eigenvalue weighted by Crippen LogP contribution is 2.43. The third-order valence-corrected chi connectivity index (χ3v) is 6.46. The fourth-order valence-corrected chi connectivity index (χ4v) is 4.94. The lowest BCUT2D eigenvalue weighted by atomic mass is 10.0. The van der Waals surface area contributed by atoms with Gasteiger partial charge in [0.05, 0.1) is 0 Å². The molecule has 0 saturated carbocycles. The maximum atomic E-state index is 5.55. The Balaban J connectivity index is 4.85. The van der Waals surface area contributed by atoms with Gasteiger partial charge in [-0.2, -0.15) is 0 Å². The molecular weight excluding hydrogens is 234 g/mol. The monoisotopic (exact) mass is 261 g/mol. The molecule has 4 nitrogen and oxygen atoms in total. The summed E-state index contributed by atoms with van der Waals surface area (Å²) in [6, 6.07) is 0. The van der Waals surface area contributed by atoms with Crippen LogP contribution in [0.2, 0.25) is 5.04 Å². The van der Waals surface area contributed by atoms with E-state index in [-0.39, 0.29) is 5.04 Å². The predicted molar refractivity (Wildman–Crippen MR) is 72.9 cm³/mol. The van der Waals surface area contributed by atoms with Crippen LogP contribution in [0.3, 0.4) is 0 Å². The standard InChI is InChI=1S/C12H27NO3Si/c1-11(8-7-9-13)10-12(2,3)17(14-4,15-5)16-6/h8H,7,9-10,13H2,1-6H3. The summed E-state index contributed by atoms with van der Waals surface area (Å²) in [5.74, 6) is 0. The van der Waals surface area contributed by atoms with E-state index in [2.05, 4.69) is 26.8 Å². The Labute approximate surface area is 106 Å². The summed E-state index contributed by atoms with van der Waals surface area (Å²) in [5.41, 5.74) is 6.79. The summed E-state index contributed by atoms with van der Waals surface area (Å²) in [6.45, 7) is 7.03. The molecule has 17 heavy (non-hydrogen) atoms. The average Bonchev–Trinajstić information content (AvgIpc) is 2.28. The normalized spacial score (nSPS) is 14.2. The molecule has 0 heterocycles. The van der Waals surface area contributed by atoms with Gasteiger partial charge in [0.15, 0.2) is 0 Å². The van der Waals surface area contributed by atoms with Gasteiger partial charge in [-0.15, -0.1) is 0 Å². The lowest BCUT2D eigenvalue weighted by molar-refractivity contribution is 0.0952.